The summed E-state index contributed by atoms with van der Waals surface area (Å²) in [5, 5.41) is 3.77. The first-order chi connectivity index (χ1) is 8.77. The molecule has 0 saturated heterocycles. The molecule has 1 N–H and O–H groups in total. The van der Waals surface area contributed by atoms with Crippen LogP contribution < -0.4 is 5.32 Å². The Morgan fingerprint density at radius 3 is 2.33 bits per heavy atom. The van der Waals surface area contributed by atoms with Crippen LogP contribution in [0.1, 0.15) is 70.1 Å². The van der Waals surface area contributed by atoms with Crippen LogP contribution in [0.15, 0.2) is 16.5 Å². The van der Waals surface area contributed by atoms with E-state index in [0.29, 0.717) is 11.3 Å². The van der Waals surface area contributed by atoms with E-state index >= 15 is 0 Å². The number of halogens is 1. The average molecular weight is 272 g/mol. The summed E-state index contributed by atoms with van der Waals surface area (Å²) in [5.41, 5.74) is 0. The molecule has 0 spiro atoms. The molecule has 0 radical (unpaired) electrons. The molecule has 0 aliphatic carbocycles. The van der Waals surface area contributed by atoms with Crippen LogP contribution in [0.3, 0.4) is 0 Å². The van der Waals surface area contributed by atoms with Crippen LogP contribution in [0.2, 0.25) is 5.22 Å². The fourth-order valence-electron chi connectivity index (χ4n) is 2.25. The zero-order valence-corrected chi connectivity index (χ0v) is 12.4. The third kappa shape index (κ3) is 5.92. The summed E-state index contributed by atoms with van der Waals surface area (Å²) in [5.74, 6) is 0.952. The van der Waals surface area contributed by atoms with E-state index in [-0.39, 0.29) is 0 Å². The van der Waals surface area contributed by atoms with E-state index in [2.05, 4.69) is 12.2 Å². The van der Waals surface area contributed by atoms with Crippen molar-refractivity contribution in [3.8, 4) is 0 Å². The Morgan fingerprint density at radius 2 is 1.78 bits per heavy atom. The first kappa shape index (κ1) is 15.6. The quantitative estimate of drug-likeness (QED) is 0.582. The van der Waals surface area contributed by atoms with Crippen LogP contribution in [0.4, 0.5) is 0 Å². The molecule has 0 bridgehead atoms. The van der Waals surface area contributed by atoms with Crippen molar-refractivity contribution >= 4 is 11.6 Å². The lowest BCUT2D eigenvalue weighted by Crippen LogP contribution is -2.15. The van der Waals surface area contributed by atoms with Gasteiger partial charge in [-0.2, -0.15) is 0 Å². The SMILES string of the molecule is CCCCCCCCCC(NC)c1ccc(Cl)o1. The fourth-order valence-corrected chi connectivity index (χ4v) is 2.40. The molecule has 3 heteroatoms. The third-order valence-electron chi connectivity index (χ3n) is 3.38. The van der Waals surface area contributed by atoms with Gasteiger partial charge in [0.1, 0.15) is 5.76 Å². The molecular formula is C15H26ClNO. The normalized spacial score (nSPS) is 12.8. The predicted octanol–water partition coefficient (Wildman–Crippen LogP) is 5.33. The lowest BCUT2D eigenvalue weighted by molar-refractivity contribution is 0.402. The highest BCUT2D eigenvalue weighted by atomic mass is 35.5. The molecule has 0 aromatic carbocycles. The fraction of sp³-hybridized carbons (Fsp3) is 0.733. The van der Waals surface area contributed by atoms with E-state index in [9.17, 15) is 0 Å². The van der Waals surface area contributed by atoms with Gasteiger partial charge in [0.25, 0.3) is 0 Å². The third-order valence-corrected chi connectivity index (χ3v) is 3.59. The number of rotatable bonds is 10. The van der Waals surface area contributed by atoms with Gasteiger partial charge < -0.3 is 9.73 Å². The number of hydrogen-bond donors (Lipinski definition) is 1. The monoisotopic (exact) mass is 271 g/mol. The maximum atomic E-state index is 5.80. The maximum Gasteiger partial charge on any atom is 0.193 e. The summed E-state index contributed by atoms with van der Waals surface area (Å²) in [6.45, 7) is 2.26. The van der Waals surface area contributed by atoms with Gasteiger partial charge in [-0.25, -0.2) is 0 Å². The molecule has 1 unspecified atom stereocenters. The van der Waals surface area contributed by atoms with Crippen molar-refractivity contribution in [3.63, 3.8) is 0 Å². The van der Waals surface area contributed by atoms with E-state index in [0.717, 1.165) is 12.2 Å². The number of furan rings is 1. The lowest BCUT2D eigenvalue weighted by Gasteiger charge is -2.13. The van der Waals surface area contributed by atoms with Crippen LogP contribution in [0.25, 0.3) is 0 Å². The van der Waals surface area contributed by atoms with Crippen molar-refractivity contribution in [1.82, 2.24) is 5.32 Å². The highest BCUT2D eigenvalue weighted by Crippen LogP contribution is 2.24. The van der Waals surface area contributed by atoms with E-state index in [1.807, 2.05) is 19.2 Å². The van der Waals surface area contributed by atoms with Crippen molar-refractivity contribution in [2.45, 2.75) is 64.3 Å². The highest BCUT2D eigenvalue weighted by molar-refractivity contribution is 6.28. The number of nitrogens with one attached hydrogen (secondary N) is 1. The molecule has 0 aliphatic rings. The van der Waals surface area contributed by atoms with Gasteiger partial charge in [-0.15, -0.1) is 0 Å². The molecular weight excluding hydrogens is 246 g/mol. The van der Waals surface area contributed by atoms with Gasteiger partial charge in [-0.05, 0) is 37.2 Å². The van der Waals surface area contributed by atoms with Crippen LogP contribution >= 0.6 is 11.6 Å². The minimum Gasteiger partial charge on any atom is -0.448 e. The molecule has 0 amide bonds. The van der Waals surface area contributed by atoms with Gasteiger partial charge >= 0.3 is 0 Å². The van der Waals surface area contributed by atoms with Crippen molar-refractivity contribution in [3.05, 3.63) is 23.1 Å². The molecule has 1 aromatic heterocycles. The standard InChI is InChI=1S/C15H26ClNO/c1-3-4-5-6-7-8-9-10-13(17-2)14-11-12-15(16)18-14/h11-13,17H,3-10H2,1-2H3. The van der Waals surface area contributed by atoms with Crippen LogP contribution in [0, 0.1) is 0 Å². The average Bonchev–Trinajstić information content (AvgIpc) is 2.79. The summed E-state index contributed by atoms with van der Waals surface area (Å²) < 4.78 is 5.45. The summed E-state index contributed by atoms with van der Waals surface area (Å²) in [6.07, 6.45) is 10.5. The molecule has 1 aromatic rings. The van der Waals surface area contributed by atoms with Crippen molar-refractivity contribution in [1.29, 1.82) is 0 Å². The summed E-state index contributed by atoms with van der Waals surface area (Å²) >= 11 is 5.80. The number of unbranched alkanes of at least 4 members (excludes halogenated alkanes) is 6. The lowest BCUT2D eigenvalue weighted by atomic mass is 10.0. The van der Waals surface area contributed by atoms with E-state index < -0.39 is 0 Å². The molecule has 0 fully saturated rings. The first-order valence-electron chi connectivity index (χ1n) is 7.20. The zero-order chi connectivity index (χ0) is 13.2. The summed E-state index contributed by atoms with van der Waals surface area (Å²) in [6, 6.07) is 4.07. The second-order valence-corrected chi connectivity index (χ2v) is 5.27. The van der Waals surface area contributed by atoms with Gasteiger partial charge in [0.05, 0.1) is 6.04 Å². The molecule has 2 nitrogen and oxygen atoms in total. The Morgan fingerprint density at radius 1 is 1.11 bits per heavy atom. The Kier molecular flexibility index (Phi) is 8.19. The molecule has 1 heterocycles. The second kappa shape index (κ2) is 9.46. The Bertz CT molecular complexity index is 311. The predicted molar refractivity (Wildman–Crippen MR) is 78.1 cm³/mol. The van der Waals surface area contributed by atoms with E-state index in [1.54, 1.807) is 0 Å². The number of hydrogen-bond acceptors (Lipinski definition) is 2. The van der Waals surface area contributed by atoms with Gasteiger partial charge in [0.2, 0.25) is 0 Å². The zero-order valence-electron chi connectivity index (χ0n) is 11.7. The molecule has 0 aliphatic heterocycles. The largest absolute Gasteiger partial charge is 0.448 e. The van der Waals surface area contributed by atoms with Gasteiger partial charge in [-0.3, -0.25) is 0 Å². The topological polar surface area (TPSA) is 25.2 Å². The van der Waals surface area contributed by atoms with E-state index in [4.69, 9.17) is 16.0 Å². The minimum atomic E-state index is 0.299. The second-order valence-electron chi connectivity index (χ2n) is 4.89. The molecule has 0 saturated carbocycles. The van der Waals surface area contributed by atoms with Gasteiger partial charge in [0, 0.05) is 0 Å². The van der Waals surface area contributed by atoms with Crippen LogP contribution in [-0.4, -0.2) is 7.05 Å². The van der Waals surface area contributed by atoms with E-state index in [1.165, 1.54) is 44.9 Å². The van der Waals surface area contributed by atoms with Crippen molar-refractivity contribution in [2.24, 2.45) is 0 Å². The van der Waals surface area contributed by atoms with Crippen molar-refractivity contribution in [2.75, 3.05) is 7.05 Å². The summed E-state index contributed by atoms with van der Waals surface area (Å²) in [7, 11) is 1.97. The summed E-state index contributed by atoms with van der Waals surface area (Å²) in [4.78, 5) is 0. The van der Waals surface area contributed by atoms with Crippen molar-refractivity contribution < 1.29 is 4.42 Å². The Hall–Kier alpha value is -0.470. The van der Waals surface area contributed by atoms with Gasteiger partial charge in [0.15, 0.2) is 5.22 Å². The highest BCUT2D eigenvalue weighted by Gasteiger charge is 2.12. The molecule has 1 rings (SSSR count). The minimum absolute atomic E-state index is 0.299. The first-order valence-corrected chi connectivity index (χ1v) is 7.58. The molecule has 1 atom stereocenters. The Balaban J connectivity index is 2.13. The smallest absolute Gasteiger partial charge is 0.193 e. The van der Waals surface area contributed by atoms with Crippen LogP contribution in [-0.2, 0) is 0 Å². The molecule has 104 valence electrons. The Labute approximate surface area is 116 Å². The van der Waals surface area contributed by atoms with Gasteiger partial charge in [-0.1, -0.05) is 51.9 Å². The van der Waals surface area contributed by atoms with Crippen LogP contribution in [0.5, 0.6) is 0 Å². The maximum absolute atomic E-state index is 5.80. The molecule has 18 heavy (non-hydrogen) atoms.